The second-order valence-corrected chi connectivity index (χ2v) is 7.85. The largest absolute Gasteiger partial charge is 0.305 e. The van der Waals surface area contributed by atoms with Crippen LogP contribution in [-0.2, 0) is 21.2 Å². The van der Waals surface area contributed by atoms with E-state index in [4.69, 9.17) is 0 Å². The third kappa shape index (κ3) is 4.90. The van der Waals surface area contributed by atoms with Crippen LogP contribution in [0.25, 0.3) is 0 Å². The Bertz CT molecular complexity index is 574. The van der Waals surface area contributed by atoms with Gasteiger partial charge in [-0.25, -0.2) is 12.7 Å². The van der Waals surface area contributed by atoms with E-state index in [0.717, 1.165) is 25.1 Å². The minimum absolute atomic E-state index is 0.158. The van der Waals surface area contributed by atoms with Crippen molar-refractivity contribution in [2.45, 2.75) is 12.8 Å². The second kappa shape index (κ2) is 7.85. The SMILES string of the molecule is CN1CCCN(S(=O)(=O)C[C@H]([C]=O)Cc2ccccc2)CC1. The van der Waals surface area contributed by atoms with Crippen LogP contribution in [0.3, 0.4) is 0 Å². The van der Waals surface area contributed by atoms with Crippen molar-refractivity contribution in [1.29, 1.82) is 0 Å². The molecule has 6 heteroatoms. The summed E-state index contributed by atoms with van der Waals surface area (Å²) in [6.45, 7) is 2.66. The van der Waals surface area contributed by atoms with E-state index in [1.807, 2.05) is 43.7 Å². The summed E-state index contributed by atoms with van der Waals surface area (Å²) in [5.74, 6) is -0.775. The van der Waals surface area contributed by atoms with E-state index in [2.05, 4.69) is 4.90 Å². The van der Waals surface area contributed by atoms with Crippen LogP contribution in [0.5, 0.6) is 0 Å². The van der Waals surface area contributed by atoms with Gasteiger partial charge >= 0.3 is 0 Å². The van der Waals surface area contributed by atoms with Crippen LogP contribution in [0.1, 0.15) is 12.0 Å². The normalized spacial score (nSPS) is 19.5. The molecule has 1 aliphatic rings. The molecule has 2 rings (SSSR count). The van der Waals surface area contributed by atoms with Crippen molar-refractivity contribution < 1.29 is 13.2 Å². The lowest BCUT2D eigenvalue weighted by Crippen LogP contribution is -2.38. The topological polar surface area (TPSA) is 57.7 Å². The average Bonchev–Trinajstić information content (AvgIpc) is 2.72. The lowest BCUT2D eigenvalue weighted by atomic mass is 10.0. The maximum Gasteiger partial charge on any atom is 0.214 e. The van der Waals surface area contributed by atoms with Gasteiger partial charge in [-0.2, -0.15) is 0 Å². The monoisotopic (exact) mass is 323 g/mol. The standard InChI is InChI=1S/C16H23N2O3S/c1-17-8-5-9-18(11-10-17)22(20,21)14-16(13-19)12-15-6-3-2-4-7-15/h2-4,6-7,16H,5,8-12,14H2,1H3/t16-/m0/s1. The zero-order valence-electron chi connectivity index (χ0n) is 12.9. The van der Waals surface area contributed by atoms with Gasteiger partial charge in [-0.05, 0) is 32.0 Å². The van der Waals surface area contributed by atoms with E-state index >= 15 is 0 Å². The molecule has 0 aliphatic carbocycles. The Hall–Kier alpha value is -1.24. The number of hydrogen-bond donors (Lipinski definition) is 0. The Labute approximate surface area is 133 Å². The second-order valence-electron chi connectivity index (χ2n) is 5.84. The van der Waals surface area contributed by atoms with Gasteiger partial charge in [0, 0.05) is 25.6 Å². The summed E-state index contributed by atoms with van der Waals surface area (Å²) in [5, 5.41) is 0. The molecule has 0 saturated carbocycles. The van der Waals surface area contributed by atoms with Crippen LogP contribution < -0.4 is 0 Å². The van der Waals surface area contributed by atoms with Gasteiger partial charge in [0.15, 0.2) is 0 Å². The maximum absolute atomic E-state index is 12.5. The number of likely N-dealkylation sites (N-methyl/N-ethyl adjacent to an activating group) is 1. The Morgan fingerprint density at radius 1 is 1.14 bits per heavy atom. The number of hydrogen-bond acceptors (Lipinski definition) is 4. The summed E-state index contributed by atoms with van der Waals surface area (Å²) in [5.41, 5.74) is 0.960. The lowest BCUT2D eigenvalue weighted by Gasteiger charge is -2.21. The van der Waals surface area contributed by atoms with Gasteiger partial charge in [-0.15, -0.1) is 0 Å². The molecule has 0 N–H and O–H groups in total. The van der Waals surface area contributed by atoms with Gasteiger partial charge < -0.3 is 4.90 Å². The highest BCUT2D eigenvalue weighted by molar-refractivity contribution is 7.89. The van der Waals surface area contributed by atoms with Gasteiger partial charge in [0.1, 0.15) is 0 Å². The molecule has 1 aromatic rings. The fourth-order valence-corrected chi connectivity index (χ4v) is 4.37. The smallest absolute Gasteiger partial charge is 0.214 e. The Morgan fingerprint density at radius 3 is 2.55 bits per heavy atom. The lowest BCUT2D eigenvalue weighted by molar-refractivity contribution is 0.347. The predicted octanol–water partition coefficient (Wildman–Crippen LogP) is 0.922. The van der Waals surface area contributed by atoms with E-state index < -0.39 is 15.9 Å². The molecule has 121 valence electrons. The fraction of sp³-hybridized carbons (Fsp3) is 0.562. The first-order chi connectivity index (χ1) is 10.5. The Morgan fingerprint density at radius 2 is 1.86 bits per heavy atom. The van der Waals surface area contributed by atoms with E-state index in [9.17, 15) is 13.2 Å². The molecular formula is C16H23N2O3S. The number of rotatable bonds is 6. The molecule has 1 aliphatic heterocycles. The van der Waals surface area contributed by atoms with Crippen molar-refractivity contribution >= 4 is 16.3 Å². The Kier molecular flexibility index (Phi) is 6.11. The average molecular weight is 323 g/mol. The van der Waals surface area contributed by atoms with Gasteiger partial charge in [0.2, 0.25) is 16.3 Å². The van der Waals surface area contributed by atoms with Gasteiger partial charge in [-0.1, -0.05) is 30.3 Å². The van der Waals surface area contributed by atoms with Gasteiger partial charge in [0.05, 0.1) is 5.75 Å². The van der Waals surface area contributed by atoms with E-state index in [1.54, 1.807) is 0 Å². The molecule has 22 heavy (non-hydrogen) atoms. The first-order valence-electron chi connectivity index (χ1n) is 7.59. The number of sulfonamides is 1. The molecule has 1 atom stereocenters. The Balaban J connectivity index is 2.00. The molecule has 0 amide bonds. The van der Waals surface area contributed by atoms with Crippen molar-refractivity contribution in [1.82, 2.24) is 9.21 Å². The number of carbonyl (C=O) groups excluding carboxylic acids is 1. The quantitative estimate of drug-likeness (QED) is 0.781. The minimum Gasteiger partial charge on any atom is -0.305 e. The van der Waals surface area contributed by atoms with Crippen molar-refractivity contribution in [2.75, 3.05) is 39.0 Å². The van der Waals surface area contributed by atoms with E-state index in [0.29, 0.717) is 19.5 Å². The zero-order valence-corrected chi connectivity index (χ0v) is 13.8. The van der Waals surface area contributed by atoms with Crippen molar-refractivity contribution in [3.8, 4) is 0 Å². The van der Waals surface area contributed by atoms with E-state index in [-0.39, 0.29) is 5.75 Å². The molecular weight excluding hydrogens is 300 g/mol. The third-order valence-electron chi connectivity index (χ3n) is 3.98. The van der Waals surface area contributed by atoms with Crippen LogP contribution in [0.4, 0.5) is 0 Å². The summed E-state index contributed by atoms with van der Waals surface area (Å²) in [7, 11) is -1.42. The summed E-state index contributed by atoms with van der Waals surface area (Å²) in [6, 6.07) is 9.47. The predicted molar refractivity (Wildman–Crippen MR) is 86.8 cm³/mol. The van der Waals surface area contributed by atoms with Crippen LogP contribution >= 0.6 is 0 Å². The van der Waals surface area contributed by atoms with Crippen LogP contribution in [0, 0.1) is 5.92 Å². The van der Waals surface area contributed by atoms with Crippen LogP contribution in [0.15, 0.2) is 30.3 Å². The molecule has 1 fully saturated rings. The highest BCUT2D eigenvalue weighted by atomic mass is 32.2. The fourth-order valence-electron chi connectivity index (χ4n) is 2.69. The highest BCUT2D eigenvalue weighted by Gasteiger charge is 2.27. The summed E-state index contributed by atoms with van der Waals surface area (Å²) in [6.07, 6.45) is 3.14. The van der Waals surface area contributed by atoms with Crippen molar-refractivity contribution in [2.24, 2.45) is 5.92 Å². The zero-order chi connectivity index (χ0) is 16.0. The summed E-state index contributed by atoms with van der Waals surface area (Å²) >= 11 is 0. The van der Waals surface area contributed by atoms with Gasteiger partial charge in [-0.3, -0.25) is 4.79 Å². The number of benzene rings is 1. The molecule has 1 radical (unpaired) electrons. The molecule has 5 nitrogen and oxygen atoms in total. The first-order valence-corrected chi connectivity index (χ1v) is 9.20. The maximum atomic E-state index is 12.5. The first kappa shape index (κ1) is 17.1. The summed E-state index contributed by atoms with van der Waals surface area (Å²) < 4.78 is 26.6. The molecule has 1 aromatic carbocycles. The van der Waals surface area contributed by atoms with Crippen molar-refractivity contribution in [3.05, 3.63) is 35.9 Å². The van der Waals surface area contributed by atoms with Crippen LogP contribution in [-0.4, -0.2) is 62.9 Å². The molecule has 1 saturated heterocycles. The molecule has 0 aromatic heterocycles. The minimum atomic E-state index is -3.42. The third-order valence-corrected chi connectivity index (χ3v) is 5.95. The molecule has 0 unspecified atom stereocenters. The van der Waals surface area contributed by atoms with E-state index in [1.165, 1.54) is 4.31 Å². The molecule has 0 bridgehead atoms. The molecule has 1 heterocycles. The van der Waals surface area contributed by atoms with Gasteiger partial charge in [0.25, 0.3) is 0 Å². The molecule has 0 spiro atoms. The highest BCUT2D eigenvalue weighted by Crippen LogP contribution is 2.14. The van der Waals surface area contributed by atoms with Crippen LogP contribution in [0.2, 0.25) is 0 Å². The number of nitrogens with zero attached hydrogens (tertiary/aromatic N) is 2. The van der Waals surface area contributed by atoms with Crippen molar-refractivity contribution in [3.63, 3.8) is 0 Å². The summed E-state index contributed by atoms with van der Waals surface area (Å²) in [4.78, 5) is 13.3.